The first-order chi connectivity index (χ1) is 5.81. The summed E-state index contributed by atoms with van der Waals surface area (Å²) in [4.78, 5) is 4.36. The van der Waals surface area contributed by atoms with Gasteiger partial charge in [-0.2, -0.15) is 0 Å². The summed E-state index contributed by atoms with van der Waals surface area (Å²) in [5.41, 5.74) is 6.58. The van der Waals surface area contributed by atoms with Crippen LogP contribution in [0.1, 0.15) is 42.5 Å². The summed E-state index contributed by atoms with van der Waals surface area (Å²) in [5.74, 6) is 2.28. The van der Waals surface area contributed by atoms with E-state index in [1.807, 2.05) is 6.92 Å². The molecule has 0 amide bonds. The van der Waals surface area contributed by atoms with Crippen molar-refractivity contribution in [2.75, 3.05) is 0 Å². The van der Waals surface area contributed by atoms with Gasteiger partial charge in [0.05, 0.1) is 12.2 Å². The predicted molar refractivity (Wildman–Crippen MR) is 45.7 cm³/mol. The fourth-order valence-corrected chi connectivity index (χ4v) is 1.61. The maximum Gasteiger partial charge on any atom is 0.208 e. The number of rotatable bonds is 2. The Morgan fingerprint density at radius 3 is 2.75 bits per heavy atom. The van der Waals surface area contributed by atoms with E-state index in [9.17, 15) is 0 Å². The van der Waals surface area contributed by atoms with E-state index in [4.69, 9.17) is 10.2 Å². The van der Waals surface area contributed by atoms with Gasteiger partial charge in [-0.25, -0.2) is 4.98 Å². The Hall–Kier alpha value is -0.830. The predicted octanol–water partition coefficient (Wildman–Crippen LogP) is 1.71. The highest BCUT2D eigenvalue weighted by molar-refractivity contribution is 5.16. The fourth-order valence-electron chi connectivity index (χ4n) is 1.61. The first-order valence-corrected chi connectivity index (χ1v) is 4.47. The Morgan fingerprint density at radius 2 is 2.33 bits per heavy atom. The number of aryl methyl sites for hydroxylation is 1. The third kappa shape index (κ3) is 1.14. The largest absolute Gasteiger partial charge is 0.444 e. The zero-order chi connectivity index (χ0) is 8.55. The van der Waals surface area contributed by atoms with Gasteiger partial charge in [0.25, 0.3) is 0 Å². The van der Waals surface area contributed by atoms with Crippen molar-refractivity contribution in [3.8, 4) is 0 Å². The van der Waals surface area contributed by atoms with Gasteiger partial charge in [0.1, 0.15) is 5.76 Å². The first-order valence-electron chi connectivity index (χ1n) is 4.47. The van der Waals surface area contributed by atoms with E-state index in [-0.39, 0.29) is 0 Å². The number of nitrogens with two attached hydrogens (primary N) is 1. The van der Waals surface area contributed by atoms with Crippen LogP contribution in [0.3, 0.4) is 0 Å². The Morgan fingerprint density at radius 1 is 1.58 bits per heavy atom. The van der Waals surface area contributed by atoms with Crippen LogP contribution in [0.15, 0.2) is 4.42 Å². The maximum atomic E-state index is 5.44. The van der Waals surface area contributed by atoms with Crippen LogP contribution in [-0.2, 0) is 6.54 Å². The molecule has 0 spiro atoms. The molecule has 2 rings (SSSR count). The SMILES string of the molecule is Cc1oc(CN)nc1C1CCC1. The molecule has 3 nitrogen and oxygen atoms in total. The lowest BCUT2D eigenvalue weighted by atomic mass is 9.82. The van der Waals surface area contributed by atoms with Crippen molar-refractivity contribution in [2.24, 2.45) is 5.73 Å². The summed E-state index contributed by atoms with van der Waals surface area (Å²) in [6.45, 7) is 2.38. The Labute approximate surface area is 72.0 Å². The Balaban J connectivity index is 2.23. The normalized spacial score (nSPS) is 17.8. The van der Waals surface area contributed by atoms with Crippen LogP contribution in [0.4, 0.5) is 0 Å². The number of hydrogen-bond acceptors (Lipinski definition) is 3. The molecule has 2 N–H and O–H groups in total. The topological polar surface area (TPSA) is 52.0 Å². The number of oxazole rings is 1. The summed E-state index contributed by atoms with van der Waals surface area (Å²) in [6, 6.07) is 0. The Kier molecular flexibility index (Phi) is 1.89. The third-order valence-corrected chi connectivity index (χ3v) is 2.54. The van der Waals surface area contributed by atoms with Crippen LogP contribution in [0.5, 0.6) is 0 Å². The molecule has 1 aliphatic carbocycles. The maximum absolute atomic E-state index is 5.44. The zero-order valence-electron chi connectivity index (χ0n) is 7.34. The van der Waals surface area contributed by atoms with Crippen molar-refractivity contribution in [2.45, 2.75) is 38.6 Å². The van der Waals surface area contributed by atoms with Crippen molar-refractivity contribution in [3.63, 3.8) is 0 Å². The van der Waals surface area contributed by atoms with Crippen molar-refractivity contribution in [1.82, 2.24) is 4.98 Å². The molecule has 0 saturated heterocycles. The molecule has 1 fully saturated rings. The van der Waals surface area contributed by atoms with E-state index < -0.39 is 0 Å². The van der Waals surface area contributed by atoms with E-state index in [0.29, 0.717) is 18.4 Å². The van der Waals surface area contributed by atoms with Crippen LogP contribution >= 0.6 is 0 Å². The zero-order valence-corrected chi connectivity index (χ0v) is 7.34. The molecule has 1 aliphatic rings. The molecule has 1 saturated carbocycles. The summed E-state index contributed by atoms with van der Waals surface area (Å²) in [6.07, 6.45) is 3.85. The molecular weight excluding hydrogens is 152 g/mol. The average molecular weight is 166 g/mol. The van der Waals surface area contributed by atoms with E-state index in [1.54, 1.807) is 0 Å². The van der Waals surface area contributed by atoms with Crippen LogP contribution < -0.4 is 5.73 Å². The molecule has 1 aromatic rings. The highest BCUT2D eigenvalue weighted by Crippen LogP contribution is 2.37. The minimum absolute atomic E-state index is 0.410. The molecule has 0 radical (unpaired) electrons. The monoisotopic (exact) mass is 166 g/mol. The molecule has 1 aromatic heterocycles. The second kappa shape index (κ2) is 2.90. The molecule has 1 heterocycles. The van der Waals surface area contributed by atoms with Gasteiger partial charge in [-0.05, 0) is 19.8 Å². The summed E-state index contributed by atoms with van der Waals surface area (Å²) in [7, 11) is 0. The molecule has 0 bridgehead atoms. The summed E-state index contributed by atoms with van der Waals surface area (Å²) in [5, 5.41) is 0. The minimum Gasteiger partial charge on any atom is -0.444 e. The van der Waals surface area contributed by atoms with Gasteiger partial charge in [-0.1, -0.05) is 6.42 Å². The standard InChI is InChI=1S/C9H14N2O/c1-6-9(7-3-2-4-7)11-8(5-10)12-6/h7H,2-5,10H2,1H3. The van der Waals surface area contributed by atoms with Crippen molar-refractivity contribution >= 4 is 0 Å². The average Bonchev–Trinajstić information content (AvgIpc) is 2.29. The highest BCUT2D eigenvalue weighted by Gasteiger charge is 2.25. The second-order valence-electron chi connectivity index (χ2n) is 3.38. The van der Waals surface area contributed by atoms with E-state index in [1.165, 1.54) is 19.3 Å². The number of nitrogens with zero attached hydrogens (tertiary/aromatic N) is 1. The first kappa shape index (κ1) is 7.80. The molecule has 0 aliphatic heterocycles. The lowest BCUT2D eigenvalue weighted by Crippen LogP contribution is -2.10. The van der Waals surface area contributed by atoms with Crippen LogP contribution in [-0.4, -0.2) is 4.98 Å². The van der Waals surface area contributed by atoms with Gasteiger partial charge in [-0.15, -0.1) is 0 Å². The fraction of sp³-hybridized carbons (Fsp3) is 0.667. The smallest absolute Gasteiger partial charge is 0.208 e. The van der Waals surface area contributed by atoms with Crippen LogP contribution in [0.25, 0.3) is 0 Å². The molecule has 0 atom stereocenters. The molecule has 0 unspecified atom stereocenters. The molecule has 3 heteroatoms. The second-order valence-corrected chi connectivity index (χ2v) is 3.38. The van der Waals surface area contributed by atoms with Gasteiger partial charge >= 0.3 is 0 Å². The van der Waals surface area contributed by atoms with Gasteiger partial charge in [0.2, 0.25) is 5.89 Å². The molecule has 0 aromatic carbocycles. The summed E-state index contributed by atoms with van der Waals surface area (Å²) >= 11 is 0. The highest BCUT2D eigenvalue weighted by atomic mass is 16.4. The quantitative estimate of drug-likeness (QED) is 0.727. The van der Waals surface area contributed by atoms with Gasteiger partial charge < -0.3 is 10.2 Å². The Bertz CT molecular complexity index is 276. The lowest BCUT2D eigenvalue weighted by Gasteiger charge is -2.23. The van der Waals surface area contributed by atoms with Gasteiger partial charge in [0, 0.05) is 5.92 Å². The minimum atomic E-state index is 0.410. The van der Waals surface area contributed by atoms with Crippen molar-refractivity contribution in [1.29, 1.82) is 0 Å². The molecular formula is C9H14N2O. The van der Waals surface area contributed by atoms with E-state index in [0.717, 1.165) is 11.5 Å². The van der Waals surface area contributed by atoms with Crippen molar-refractivity contribution in [3.05, 3.63) is 17.3 Å². The number of hydrogen-bond donors (Lipinski definition) is 1. The van der Waals surface area contributed by atoms with Crippen molar-refractivity contribution < 1.29 is 4.42 Å². The van der Waals surface area contributed by atoms with E-state index >= 15 is 0 Å². The van der Waals surface area contributed by atoms with Crippen LogP contribution in [0, 0.1) is 6.92 Å². The summed E-state index contributed by atoms with van der Waals surface area (Å²) < 4.78 is 5.38. The van der Waals surface area contributed by atoms with Gasteiger partial charge in [-0.3, -0.25) is 0 Å². The lowest BCUT2D eigenvalue weighted by molar-refractivity contribution is 0.405. The van der Waals surface area contributed by atoms with Gasteiger partial charge in [0.15, 0.2) is 0 Å². The van der Waals surface area contributed by atoms with E-state index in [2.05, 4.69) is 4.98 Å². The molecule has 12 heavy (non-hydrogen) atoms. The number of aromatic nitrogens is 1. The van der Waals surface area contributed by atoms with Crippen LogP contribution in [0.2, 0.25) is 0 Å². The molecule has 66 valence electrons. The third-order valence-electron chi connectivity index (χ3n) is 2.54.